The number of aliphatic hydroxyl groups is 1. The summed E-state index contributed by atoms with van der Waals surface area (Å²) in [5.74, 6) is 0. The number of halogens is 3. The number of fused-ring (bicyclic) bond motifs is 1. The summed E-state index contributed by atoms with van der Waals surface area (Å²) in [7, 11) is -4.21. The number of hydrogen-bond acceptors (Lipinski definition) is 5. The van der Waals surface area contributed by atoms with Crippen LogP contribution in [0.2, 0.25) is 0 Å². The third-order valence-corrected chi connectivity index (χ3v) is 6.35. The van der Waals surface area contributed by atoms with Crippen LogP contribution in [0.4, 0.5) is 18.0 Å². The molecule has 0 aliphatic carbocycles. The molecule has 0 fully saturated rings. The molecule has 7 nitrogen and oxygen atoms in total. The normalized spacial score (nSPS) is 17.6. The third kappa shape index (κ3) is 5.75. The van der Waals surface area contributed by atoms with Crippen LogP contribution in [0.25, 0.3) is 0 Å². The average molecular weight is 458 g/mol. The van der Waals surface area contributed by atoms with Crippen LogP contribution in [-0.2, 0) is 34.0 Å². The molecule has 0 bridgehead atoms. The molecule has 1 aliphatic rings. The number of alkyl halides is 3. The van der Waals surface area contributed by atoms with Crippen molar-refractivity contribution in [1.82, 2.24) is 9.62 Å². The number of sulfonamides is 1. The van der Waals surface area contributed by atoms with Crippen molar-refractivity contribution in [3.05, 3.63) is 65.2 Å². The summed E-state index contributed by atoms with van der Waals surface area (Å²) in [6.07, 6.45) is -5.32. The molecule has 11 heteroatoms. The number of ether oxygens (including phenoxy) is 1. The Bertz CT molecular complexity index is 1030. The van der Waals surface area contributed by atoms with Gasteiger partial charge in [-0.15, -0.1) is 0 Å². The van der Waals surface area contributed by atoms with E-state index in [9.17, 15) is 31.5 Å². The molecule has 1 heterocycles. The molecule has 1 unspecified atom stereocenters. The first-order valence-electron chi connectivity index (χ1n) is 9.39. The Balaban J connectivity index is 1.72. The van der Waals surface area contributed by atoms with Crippen molar-refractivity contribution in [2.75, 3.05) is 19.7 Å². The van der Waals surface area contributed by atoms with Gasteiger partial charge >= 0.3 is 12.3 Å². The Morgan fingerprint density at radius 2 is 1.90 bits per heavy atom. The van der Waals surface area contributed by atoms with Gasteiger partial charge in [-0.1, -0.05) is 36.4 Å². The van der Waals surface area contributed by atoms with E-state index in [-0.39, 0.29) is 38.3 Å². The second-order valence-electron chi connectivity index (χ2n) is 7.05. The number of carbonyl (C=O) groups is 1. The standard InChI is InChI=1S/C20H21F3N2O5S/c21-20(22,23)16-7-6-15-10-17(24-31(28,29)18(15)11-16)12-25(8-9-26)19(27)30-13-14-4-2-1-3-5-14/h1-7,11,17,24,26H,8-10,12-13H2. The monoisotopic (exact) mass is 458 g/mol. The highest BCUT2D eigenvalue weighted by molar-refractivity contribution is 7.89. The maximum absolute atomic E-state index is 12.9. The number of rotatable bonds is 6. The van der Waals surface area contributed by atoms with E-state index in [4.69, 9.17) is 4.74 Å². The lowest BCUT2D eigenvalue weighted by Crippen LogP contribution is -2.50. The van der Waals surface area contributed by atoms with Gasteiger partial charge in [0.1, 0.15) is 6.61 Å². The van der Waals surface area contributed by atoms with Crippen molar-refractivity contribution in [1.29, 1.82) is 0 Å². The highest BCUT2D eigenvalue weighted by atomic mass is 32.2. The second kappa shape index (κ2) is 9.25. The lowest BCUT2D eigenvalue weighted by Gasteiger charge is -2.31. The number of nitrogens with zero attached hydrogens (tertiary/aromatic N) is 1. The lowest BCUT2D eigenvalue weighted by atomic mass is 10.0. The summed E-state index contributed by atoms with van der Waals surface area (Å²) in [6, 6.07) is 10.7. The van der Waals surface area contributed by atoms with Gasteiger partial charge in [-0.25, -0.2) is 17.9 Å². The molecule has 2 N–H and O–H groups in total. The average Bonchev–Trinajstić information content (AvgIpc) is 2.71. The van der Waals surface area contributed by atoms with Crippen LogP contribution in [0, 0.1) is 0 Å². The van der Waals surface area contributed by atoms with Crippen molar-refractivity contribution in [2.24, 2.45) is 0 Å². The van der Waals surface area contributed by atoms with Crippen molar-refractivity contribution >= 4 is 16.1 Å². The SMILES string of the molecule is O=C(OCc1ccccc1)N(CCO)CC1Cc2ccc(C(F)(F)F)cc2S(=O)(=O)N1. The Morgan fingerprint density at radius 1 is 1.19 bits per heavy atom. The van der Waals surface area contributed by atoms with E-state index in [1.165, 1.54) is 0 Å². The molecule has 168 valence electrons. The van der Waals surface area contributed by atoms with Crippen LogP contribution >= 0.6 is 0 Å². The maximum Gasteiger partial charge on any atom is 0.416 e. The molecule has 0 aromatic heterocycles. The number of hydrogen-bond donors (Lipinski definition) is 2. The van der Waals surface area contributed by atoms with Gasteiger partial charge in [-0.3, -0.25) is 0 Å². The lowest BCUT2D eigenvalue weighted by molar-refractivity contribution is -0.137. The Labute approximate surface area is 177 Å². The van der Waals surface area contributed by atoms with E-state index in [2.05, 4.69) is 4.72 Å². The van der Waals surface area contributed by atoms with Gasteiger partial charge in [0.2, 0.25) is 10.0 Å². The van der Waals surface area contributed by atoms with Crippen LogP contribution in [0.15, 0.2) is 53.4 Å². The first kappa shape index (κ1) is 23.0. The molecule has 1 atom stereocenters. The molecule has 2 aromatic rings. The van der Waals surface area contributed by atoms with Crippen LogP contribution in [-0.4, -0.2) is 50.3 Å². The van der Waals surface area contributed by atoms with Gasteiger partial charge in [-0.05, 0) is 29.7 Å². The highest BCUT2D eigenvalue weighted by Crippen LogP contribution is 2.33. The zero-order chi connectivity index (χ0) is 22.6. The second-order valence-corrected chi connectivity index (χ2v) is 8.73. The van der Waals surface area contributed by atoms with Crippen LogP contribution in [0.3, 0.4) is 0 Å². The Kier molecular flexibility index (Phi) is 6.87. The molecule has 0 spiro atoms. The summed E-state index contributed by atoms with van der Waals surface area (Å²) >= 11 is 0. The van der Waals surface area contributed by atoms with E-state index >= 15 is 0 Å². The van der Waals surface area contributed by atoms with Crippen LogP contribution in [0.1, 0.15) is 16.7 Å². The largest absolute Gasteiger partial charge is 0.445 e. The van der Waals surface area contributed by atoms with Gasteiger partial charge in [0.15, 0.2) is 0 Å². The molecule has 1 amide bonds. The fourth-order valence-corrected chi connectivity index (χ4v) is 4.80. The smallest absolute Gasteiger partial charge is 0.416 e. The predicted molar refractivity (Wildman–Crippen MR) is 105 cm³/mol. The quantitative estimate of drug-likeness (QED) is 0.694. The molecule has 1 aliphatic heterocycles. The van der Waals surface area contributed by atoms with Gasteiger partial charge < -0.3 is 14.7 Å². The molecule has 2 aromatic carbocycles. The van der Waals surface area contributed by atoms with Crippen molar-refractivity contribution in [2.45, 2.75) is 30.1 Å². The zero-order valence-electron chi connectivity index (χ0n) is 16.3. The summed E-state index contributed by atoms with van der Waals surface area (Å²) in [4.78, 5) is 13.2. The minimum atomic E-state index is -4.66. The molecule has 0 saturated carbocycles. The van der Waals surface area contributed by atoms with Crippen LogP contribution < -0.4 is 4.72 Å². The number of carbonyl (C=O) groups excluding carboxylic acids is 1. The Hall–Kier alpha value is -2.63. The summed E-state index contributed by atoms with van der Waals surface area (Å²) < 4.78 is 71.4. The minimum Gasteiger partial charge on any atom is -0.445 e. The van der Waals surface area contributed by atoms with E-state index in [0.717, 1.165) is 22.6 Å². The molecule has 3 rings (SSSR count). The summed E-state index contributed by atoms with van der Waals surface area (Å²) in [5.41, 5.74) is -0.0765. The van der Waals surface area contributed by atoms with Crippen LogP contribution in [0.5, 0.6) is 0 Å². The van der Waals surface area contributed by atoms with E-state index in [1.807, 2.05) is 6.07 Å². The molecular formula is C20H21F3N2O5S. The maximum atomic E-state index is 12.9. The topological polar surface area (TPSA) is 95.9 Å². The summed E-state index contributed by atoms with van der Waals surface area (Å²) in [5, 5.41) is 9.27. The number of nitrogens with one attached hydrogen (secondary N) is 1. The van der Waals surface area contributed by atoms with Gasteiger partial charge in [-0.2, -0.15) is 13.2 Å². The van der Waals surface area contributed by atoms with Gasteiger partial charge in [0.05, 0.1) is 17.1 Å². The summed E-state index contributed by atoms with van der Waals surface area (Å²) in [6.45, 7) is -0.577. The molecular weight excluding hydrogens is 437 g/mol. The van der Waals surface area contributed by atoms with Gasteiger partial charge in [0.25, 0.3) is 0 Å². The van der Waals surface area contributed by atoms with E-state index in [1.54, 1.807) is 24.3 Å². The zero-order valence-corrected chi connectivity index (χ0v) is 17.1. The van der Waals surface area contributed by atoms with Crippen molar-refractivity contribution < 1.29 is 36.2 Å². The van der Waals surface area contributed by atoms with Crippen molar-refractivity contribution in [3.63, 3.8) is 0 Å². The molecule has 31 heavy (non-hydrogen) atoms. The minimum absolute atomic E-state index is 0.00104. The first-order chi connectivity index (χ1) is 14.6. The van der Waals surface area contributed by atoms with Crippen molar-refractivity contribution in [3.8, 4) is 0 Å². The fourth-order valence-electron chi connectivity index (χ4n) is 3.30. The van der Waals surface area contributed by atoms with E-state index in [0.29, 0.717) is 6.07 Å². The number of amides is 1. The molecule has 0 saturated heterocycles. The Morgan fingerprint density at radius 3 is 2.55 bits per heavy atom. The number of aliphatic hydroxyl groups excluding tert-OH is 1. The number of benzene rings is 2. The van der Waals surface area contributed by atoms with Gasteiger partial charge in [0, 0.05) is 19.1 Å². The van der Waals surface area contributed by atoms with E-state index < -0.39 is 38.8 Å². The molecule has 0 radical (unpaired) electrons. The fraction of sp³-hybridized carbons (Fsp3) is 0.350. The first-order valence-corrected chi connectivity index (χ1v) is 10.9. The third-order valence-electron chi connectivity index (χ3n) is 4.75. The predicted octanol–water partition coefficient (Wildman–Crippen LogP) is 2.54. The highest BCUT2D eigenvalue weighted by Gasteiger charge is 2.36.